The second-order valence-corrected chi connectivity index (χ2v) is 7.02. The summed E-state index contributed by atoms with van der Waals surface area (Å²) in [6.07, 6.45) is 4.47. The third-order valence-corrected chi connectivity index (χ3v) is 4.95. The second-order valence-electron chi connectivity index (χ2n) is 7.02. The Bertz CT molecular complexity index is 802. The molecule has 0 bridgehead atoms. The number of anilines is 1. The molecule has 1 N–H and O–H groups in total. The first-order valence-corrected chi connectivity index (χ1v) is 9.20. The summed E-state index contributed by atoms with van der Waals surface area (Å²) in [5.74, 6) is -0.0788. The molecule has 4 rings (SSSR count). The number of nitrogens with zero attached hydrogens (tertiary/aromatic N) is 4. The zero-order valence-corrected chi connectivity index (χ0v) is 15.0. The van der Waals surface area contributed by atoms with E-state index in [1.165, 1.54) is 0 Å². The minimum Gasteiger partial charge on any atom is -0.469 e. The van der Waals surface area contributed by atoms with Crippen LogP contribution in [0, 0.1) is 0 Å². The highest BCUT2D eigenvalue weighted by atomic mass is 19.4. The number of halogens is 3. The van der Waals surface area contributed by atoms with Crippen molar-refractivity contribution in [3.8, 4) is 5.88 Å². The van der Waals surface area contributed by atoms with Crippen LogP contribution in [0.1, 0.15) is 42.9 Å². The largest absolute Gasteiger partial charge is 0.469 e. The van der Waals surface area contributed by atoms with Crippen molar-refractivity contribution in [3.63, 3.8) is 0 Å². The van der Waals surface area contributed by atoms with Crippen LogP contribution >= 0.6 is 0 Å². The van der Waals surface area contributed by atoms with E-state index in [-0.39, 0.29) is 31.1 Å². The molecule has 2 fully saturated rings. The normalized spacial score (nSPS) is 23.1. The third-order valence-electron chi connectivity index (χ3n) is 4.95. The molecular weight excluding hydrogens is 375 g/mol. The molecule has 0 aromatic carbocycles. The molecule has 2 atom stereocenters. The average molecular weight is 395 g/mol. The van der Waals surface area contributed by atoms with Gasteiger partial charge in [-0.15, -0.1) is 0 Å². The number of nitrogens with one attached hydrogen (secondary N) is 1. The molecule has 0 amide bonds. The van der Waals surface area contributed by atoms with Gasteiger partial charge in [-0.2, -0.15) is 18.2 Å². The molecule has 0 radical (unpaired) electrons. The molecule has 2 aliphatic rings. The van der Waals surface area contributed by atoms with Gasteiger partial charge < -0.3 is 14.8 Å². The molecule has 7 nitrogen and oxygen atoms in total. The third kappa shape index (κ3) is 4.32. The van der Waals surface area contributed by atoms with Gasteiger partial charge in [-0.05, 0) is 19.3 Å². The number of ether oxygens (including phenoxy) is 2. The van der Waals surface area contributed by atoms with Gasteiger partial charge in [0.15, 0.2) is 0 Å². The van der Waals surface area contributed by atoms with Crippen LogP contribution in [-0.4, -0.2) is 45.3 Å². The minimum atomic E-state index is -4.58. The Morgan fingerprint density at radius 2 is 1.96 bits per heavy atom. The maximum atomic E-state index is 13.2. The lowest BCUT2D eigenvalue weighted by Crippen LogP contribution is -2.39. The summed E-state index contributed by atoms with van der Waals surface area (Å²) >= 11 is 0. The maximum absolute atomic E-state index is 13.2. The molecular formula is C18H20F3N5O2. The van der Waals surface area contributed by atoms with Crippen LogP contribution < -0.4 is 10.1 Å². The monoisotopic (exact) mass is 395 g/mol. The topological polar surface area (TPSA) is 82.1 Å². The van der Waals surface area contributed by atoms with Gasteiger partial charge in [0.05, 0.1) is 18.9 Å². The van der Waals surface area contributed by atoms with Crippen molar-refractivity contribution in [2.24, 2.45) is 0 Å². The average Bonchev–Trinajstić information content (AvgIpc) is 2.65. The molecule has 1 saturated carbocycles. The van der Waals surface area contributed by atoms with E-state index < -0.39 is 23.7 Å². The SMILES string of the molecule is FC(F)(F)c1cnc(N[C@@H]2CCC[C@@H](c3cnccn3)C2)nc1OC1COC1. The molecule has 2 aromatic heterocycles. The van der Waals surface area contributed by atoms with E-state index in [1.54, 1.807) is 18.6 Å². The van der Waals surface area contributed by atoms with Crippen LogP contribution in [0.4, 0.5) is 19.1 Å². The molecule has 150 valence electrons. The highest BCUT2D eigenvalue weighted by molar-refractivity contribution is 5.36. The number of hydrogen-bond donors (Lipinski definition) is 1. The molecule has 0 spiro atoms. The second kappa shape index (κ2) is 7.86. The summed E-state index contributed by atoms with van der Waals surface area (Å²) in [5, 5.41) is 3.16. The molecule has 10 heteroatoms. The van der Waals surface area contributed by atoms with E-state index in [1.807, 2.05) is 0 Å². The fourth-order valence-electron chi connectivity index (χ4n) is 3.45. The Labute approximate surface area is 159 Å². The van der Waals surface area contributed by atoms with Gasteiger partial charge in [-0.3, -0.25) is 9.97 Å². The molecule has 1 aliphatic heterocycles. The fraction of sp³-hybridized carbons (Fsp3) is 0.556. The summed E-state index contributed by atoms with van der Waals surface area (Å²) in [5.41, 5.74) is -0.0534. The molecule has 2 aromatic rings. The Balaban J connectivity index is 1.48. The predicted octanol–water partition coefficient (Wildman–Crippen LogP) is 3.20. The fourth-order valence-corrected chi connectivity index (χ4v) is 3.45. The zero-order chi connectivity index (χ0) is 19.6. The van der Waals surface area contributed by atoms with Crippen molar-refractivity contribution in [2.75, 3.05) is 18.5 Å². The van der Waals surface area contributed by atoms with Crippen LogP contribution in [0.2, 0.25) is 0 Å². The lowest BCUT2D eigenvalue weighted by Gasteiger charge is -2.30. The first-order valence-electron chi connectivity index (χ1n) is 9.20. The summed E-state index contributed by atoms with van der Waals surface area (Å²) in [6.45, 7) is 0.513. The molecule has 28 heavy (non-hydrogen) atoms. The molecule has 1 aliphatic carbocycles. The standard InChI is InChI=1S/C18H20F3N5O2/c19-18(20,21)14-7-24-17(26-16(14)28-13-9-27-10-13)25-12-3-1-2-11(6-12)15-8-22-4-5-23-15/h4-5,7-8,11-13H,1-3,6,9-10H2,(H,24,25,26)/t11-,12-/m1/s1. The predicted molar refractivity (Wildman–Crippen MR) is 92.9 cm³/mol. The highest BCUT2D eigenvalue weighted by Crippen LogP contribution is 2.37. The van der Waals surface area contributed by atoms with E-state index in [0.717, 1.165) is 37.6 Å². The Hall–Kier alpha value is -2.49. The van der Waals surface area contributed by atoms with Crippen LogP contribution in [0.25, 0.3) is 0 Å². The summed E-state index contributed by atoms with van der Waals surface area (Å²) < 4.78 is 50.0. The Kier molecular flexibility index (Phi) is 5.29. The van der Waals surface area contributed by atoms with Gasteiger partial charge in [0.2, 0.25) is 11.8 Å². The van der Waals surface area contributed by atoms with Gasteiger partial charge in [0, 0.05) is 36.7 Å². The van der Waals surface area contributed by atoms with E-state index in [0.29, 0.717) is 0 Å². The lowest BCUT2D eigenvalue weighted by atomic mass is 9.84. The van der Waals surface area contributed by atoms with Crippen molar-refractivity contribution in [1.29, 1.82) is 0 Å². The molecule has 0 unspecified atom stereocenters. The van der Waals surface area contributed by atoms with Gasteiger partial charge >= 0.3 is 6.18 Å². The minimum absolute atomic E-state index is 0.0392. The smallest absolute Gasteiger partial charge is 0.423 e. The first kappa shape index (κ1) is 18.9. The summed E-state index contributed by atoms with van der Waals surface area (Å²) in [7, 11) is 0. The van der Waals surface area contributed by atoms with Gasteiger partial charge in [0.25, 0.3) is 0 Å². The van der Waals surface area contributed by atoms with Gasteiger partial charge in [0.1, 0.15) is 11.7 Å². The number of alkyl halides is 3. The van der Waals surface area contributed by atoms with Gasteiger partial charge in [-0.1, -0.05) is 6.42 Å². The van der Waals surface area contributed by atoms with Crippen molar-refractivity contribution < 1.29 is 22.6 Å². The van der Waals surface area contributed by atoms with Crippen LogP contribution in [-0.2, 0) is 10.9 Å². The van der Waals surface area contributed by atoms with Gasteiger partial charge in [-0.25, -0.2) is 4.98 Å². The first-order chi connectivity index (χ1) is 13.5. The van der Waals surface area contributed by atoms with Crippen molar-refractivity contribution >= 4 is 5.95 Å². The maximum Gasteiger partial charge on any atom is 0.423 e. The zero-order valence-electron chi connectivity index (χ0n) is 15.0. The Morgan fingerprint density at radius 3 is 2.64 bits per heavy atom. The number of aromatic nitrogens is 4. The summed E-state index contributed by atoms with van der Waals surface area (Å²) in [6, 6.07) is 0.0392. The summed E-state index contributed by atoms with van der Waals surface area (Å²) in [4.78, 5) is 16.4. The quantitative estimate of drug-likeness (QED) is 0.832. The van der Waals surface area contributed by atoms with Crippen molar-refractivity contribution in [3.05, 3.63) is 36.0 Å². The lowest BCUT2D eigenvalue weighted by molar-refractivity contribution is -0.142. The van der Waals surface area contributed by atoms with E-state index >= 15 is 0 Å². The van der Waals surface area contributed by atoms with Crippen molar-refractivity contribution in [1.82, 2.24) is 19.9 Å². The van der Waals surface area contributed by atoms with Crippen LogP contribution in [0.3, 0.4) is 0 Å². The van der Waals surface area contributed by atoms with E-state index in [4.69, 9.17) is 9.47 Å². The van der Waals surface area contributed by atoms with E-state index in [2.05, 4.69) is 25.3 Å². The van der Waals surface area contributed by atoms with E-state index in [9.17, 15) is 13.2 Å². The Morgan fingerprint density at radius 1 is 1.11 bits per heavy atom. The number of hydrogen-bond acceptors (Lipinski definition) is 7. The number of rotatable bonds is 5. The van der Waals surface area contributed by atoms with Crippen LogP contribution in [0.15, 0.2) is 24.8 Å². The van der Waals surface area contributed by atoms with Crippen molar-refractivity contribution in [2.45, 2.75) is 49.9 Å². The molecule has 1 saturated heterocycles. The molecule has 3 heterocycles. The van der Waals surface area contributed by atoms with Crippen LogP contribution in [0.5, 0.6) is 5.88 Å². The highest BCUT2D eigenvalue weighted by Gasteiger charge is 2.38.